The summed E-state index contributed by atoms with van der Waals surface area (Å²) in [6.45, 7) is 1.59. The van der Waals surface area contributed by atoms with E-state index in [1.54, 1.807) is 0 Å². The van der Waals surface area contributed by atoms with E-state index >= 15 is 0 Å². The van der Waals surface area contributed by atoms with Gasteiger partial charge in [0.1, 0.15) is 18.6 Å². The van der Waals surface area contributed by atoms with E-state index in [4.69, 9.17) is 4.74 Å². The number of carbonyl (C=O) groups excluding carboxylic acids is 1. The highest BCUT2D eigenvalue weighted by atomic mass is 16.5. The van der Waals surface area contributed by atoms with Crippen LogP contribution in [0.25, 0.3) is 6.08 Å². The van der Waals surface area contributed by atoms with E-state index in [1.165, 1.54) is 0 Å². The molecule has 0 saturated carbocycles. The fraction of sp³-hybridized carbons (Fsp3) is 0.357. The van der Waals surface area contributed by atoms with Crippen molar-refractivity contribution in [3.63, 3.8) is 0 Å². The number of benzene rings is 1. The molecule has 1 aromatic carbocycles. The predicted molar refractivity (Wildman–Crippen MR) is 70.2 cm³/mol. The molecule has 0 fully saturated rings. The van der Waals surface area contributed by atoms with Gasteiger partial charge in [0.15, 0.2) is 0 Å². The molecule has 0 amide bonds. The van der Waals surface area contributed by atoms with Crippen LogP contribution in [-0.2, 0) is 4.79 Å². The highest BCUT2D eigenvalue weighted by molar-refractivity contribution is 5.58. The lowest BCUT2D eigenvalue weighted by Gasteiger charge is -2.10. The molecule has 3 nitrogen and oxygen atoms in total. The molecule has 1 rings (SSSR count). The second kappa shape index (κ2) is 7.63. The van der Waals surface area contributed by atoms with Gasteiger partial charge in [-0.15, -0.1) is 0 Å². The fourth-order valence-electron chi connectivity index (χ4n) is 1.28. The van der Waals surface area contributed by atoms with E-state index in [1.807, 2.05) is 50.5 Å². The van der Waals surface area contributed by atoms with Crippen LogP contribution in [0.1, 0.15) is 12.0 Å². The molecule has 0 aliphatic heterocycles. The second-order valence-electron chi connectivity index (χ2n) is 4.03. The smallest absolute Gasteiger partial charge is 0.123 e. The van der Waals surface area contributed by atoms with Gasteiger partial charge in [0, 0.05) is 13.0 Å². The number of carbonyl (C=O) groups is 1. The molecule has 0 saturated heterocycles. The largest absolute Gasteiger partial charge is 0.492 e. The quantitative estimate of drug-likeness (QED) is 0.676. The Morgan fingerprint density at radius 3 is 2.53 bits per heavy atom. The SMILES string of the molecule is CN(C)CCOc1ccc(C=CCC=O)cc1. The van der Waals surface area contributed by atoms with Crippen molar-refractivity contribution in [1.29, 1.82) is 0 Å². The minimum atomic E-state index is 0.459. The predicted octanol–water partition coefficient (Wildman–Crippen LogP) is 2.23. The van der Waals surface area contributed by atoms with E-state index in [0.717, 1.165) is 24.1 Å². The van der Waals surface area contributed by atoms with Gasteiger partial charge in [-0.25, -0.2) is 0 Å². The summed E-state index contributed by atoms with van der Waals surface area (Å²) < 4.78 is 5.58. The number of hydrogen-bond donors (Lipinski definition) is 0. The first kappa shape index (κ1) is 13.5. The molecule has 0 N–H and O–H groups in total. The minimum absolute atomic E-state index is 0.459. The summed E-state index contributed by atoms with van der Waals surface area (Å²) >= 11 is 0. The number of aldehydes is 1. The van der Waals surface area contributed by atoms with Crippen LogP contribution in [-0.4, -0.2) is 38.4 Å². The summed E-state index contributed by atoms with van der Waals surface area (Å²) in [5, 5.41) is 0. The van der Waals surface area contributed by atoms with Gasteiger partial charge in [-0.1, -0.05) is 24.3 Å². The molecule has 0 aliphatic rings. The lowest BCUT2D eigenvalue weighted by Crippen LogP contribution is -2.19. The molecule has 0 bridgehead atoms. The van der Waals surface area contributed by atoms with Gasteiger partial charge >= 0.3 is 0 Å². The lowest BCUT2D eigenvalue weighted by molar-refractivity contribution is -0.107. The average Bonchev–Trinajstić information content (AvgIpc) is 2.31. The van der Waals surface area contributed by atoms with Gasteiger partial charge in [-0.2, -0.15) is 0 Å². The van der Waals surface area contributed by atoms with Crippen LogP contribution >= 0.6 is 0 Å². The summed E-state index contributed by atoms with van der Waals surface area (Å²) in [6.07, 6.45) is 5.11. The standard InChI is InChI=1S/C14H19NO2/c1-15(2)10-12-17-14-8-6-13(7-9-14)5-3-4-11-16/h3,5-9,11H,4,10,12H2,1-2H3. The zero-order valence-corrected chi connectivity index (χ0v) is 10.4. The summed E-state index contributed by atoms with van der Waals surface area (Å²) in [5.41, 5.74) is 1.08. The first-order valence-corrected chi connectivity index (χ1v) is 5.70. The molecule has 0 atom stereocenters. The van der Waals surface area contributed by atoms with Crippen molar-refractivity contribution in [2.45, 2.75) is 6.42 Å². The van der Waals surface area contributed by atoms with E-state index in [9.17, 15) is 4.79 Å². The van der Waals surface area contributed by atoms with Gasteiger partial charge < -0.3 is 14.4 Å². The molecule has 0 spiro atoms. The maximum atomic E-state index is 10.1. The molecular formula is C14H19NO2. The van der Waals surface area contributed by atoms with Crippen LogP contribution in [0.5, 0.6) is 5.75 Å². The molecule has 0 radical (unpaired) electrons. The van der Waals surface area contributed by atoms with Crippen molar-refractivity contribution in [2.24, 2.45) is 0 Å². The van der Waals surface area contributed by atoms with Crippen LogP contribution < -0.4 is 4.74 Å². The highest BCUT2D eigenvalue weighted by Crippen LogP contribution is 2.13. The van der Waals surface area contributed by atoms with Crippen molar-refractivity contribution in [3.05, 3.63) is 35.9 Å². The zero-order chi connectivity index (χ0) is 12.5. The summed E-state index contributed by atoms with van der Waals surface area (Å²) in [6, 6.07) is 7.84. The second-order valence-corrected chi connectivity index (χ2v) is 4.03. The van der Waals surface area contributed by atoms with E-state index in [2.05, 4.69) is 4.90 Å². The molecular weight excluding hydrogens is 214 g/mol. The third-order valence-electron chi connectivity index (χ3n) is 2.23. The Labute approximate surface area is 103 Å². The Hall–Kier alpha value is -1.61. The Bertz CT molecular complexity index is 355. The van der Waals surface area contributed by atoms with E-state index in [0.29, 0.717) is 13.0 Å². The third kappa shape index (κ3) is 5.88. The Morgan fingerprint density at radius 2 is 1.94 bits per heavy atom. The normalized spacial score (nSPS) is 11.0. The molecule has 0 unspecified atom stereocenters. The molecule has 3 heteroatoms. The third-order valence-corrected chi connectivity index (χ3v) is 2.23. The van der Waals surface area contributed by atoms with E-state index < -0.39 is 0 Å². The van der Waals surface area contributed by atoms with Crippen molar-refractivity contribution in [2.75, 3.05) is 27.2 Å². The van der Waals surface area contributed by atoms with Crippen LogP contribution in [0, 0.1) is 0 Å². The lowest BCUT2D eigenvalue weighted by atomic mass is 10.2. The topological polar surface area (TPSA) is 29.5 Å². The Kier molecular flexibility index (Phi) is 6.04. The zero-order valence-electron chi connectivity index (χ0n) is 10.4. The van der Waals surface area contributed by atoms with Gasteiger partial charge in [0.25, 0.3) is 0 Å². The average molecular weight is 233 g/mol. The first-order chi connectivity index (χ1) is 8.22. The Morgan fingerprint density at radius 1 is 1.24 bits per heavy atom. The van der Waals surface area contributed by atoms with Crippen molar-refractivity contribution in [1.82, 2.24) is 4.90 Å². The van der Waals surface area contributed by atoms with Crippen LogP contribution in [0.3, 0.4) is 0 Å². The number of nitrogens with zero attached hydrogens (tertiary/aromatic N) is 1. The first-order valence-electron chi connectivity index (χ1n) is 5.70. The number of hydrogen-bond acceptors (Lipinski definition) is 3. The molecule has 0 aliphatic carbocycles. The van der Waals surface area contributed by atoms with Crippen molar-refractivity contribution >= 4 is 12.4 Å². The molecule has 0 aromatic heterocycles. The van der Waals surface area contributed by atoms with Crippen LogP contribution in [0.15, 0.2) is 30.3 Å². The molecule has 0 heterocycles. The maximum Gasteiger partial charge on any atom is 0.123 e. The van der Waals surface area contributed by atoms with Gasteiger partial charge in [-0.05, 0) is 31.8 Å². The summed E-state index contributed by atoms with van der Waals surface area (Å²) in [5.74, 6) is 0.874. The molecule has 17 heavy (non-hydrogen) atoms. The summed E-state index contributed by atoms with van der Waals surface area (Å²) in [7, 11) is 4.04. The van der Waals surface area contributed by atoms with Crippen molar-refractivity contribution in [3.8, 4) is 5.75 Å². The van der Waals surface area contributed by atoms with Crippen LogP contribution in [0.2, 0.25) is 0 Å². The van der Waals surface area contributed by atoms with Gasteiger partial charge in [-0.3, -0.25) is 0 Å². The molecule has 1 aromatic rings. The van der Waals surface area contributed by atoms with E-state index in [-0.39, 0.29) is 0 Å². The monoisotopic (exact) mass is 233 g/mol. The summed E-state index contributed by atoms with van der Waals surface area (Å²) in [4.78, 5) is 12.2. The van der Waals surface area contributed by atoms with Gasteiger partial charge in [0.2, 0.25) is 0 Å². The molecule has 92 valence electrons. The number of allylic oxidation sites excluding steroid dienone is 1. The maximum absolute atomic E-state index is 10.1. The highest BCUT2D eigenvalue weighted by Gasteiger charge is 1.94. The number of rotatable bonds is 7. The minimum Gasteiger partial charge on any atom is -0.492 e. The number of likely N-dealkylation sites (N-methyl/N-ethyl adjacent to an activating group) is 1. The van der Waals surface area contributed by atoms with Crippen LogP contribution in [0.4, 0.5) is 0 Å². The number of ether oxygens (including phenoxy) is 1. The Balaban J connectivity index is 2.41. The van der Waals surface area contributed by atoms with Crippen molar-refractivity contribution < 1.29 is 9.53 Å². The fourth-order valence-corrected chi connectivity index (χ4v) is 1.28. The van der Waals surface area contributed by atoms with Gasteiger partial charge in [0.05, 0.1) is 0 Å².